The van der Waals surface area contributed by atoms with Gasteiger partial charge in [-0.05, 0) is 18.1 Å². The lowest BCUT2D eigenvalue weighted by molar-refractivity contribution is -0.143. The van der Waals surface area contributed by atoms with E-state index in [1.54, 1.807) is 6.92 Å². The number of benzene rings is 1. The van der Waals surface area contributed by atoms with E-state index in [2.05, 4.69) is 0 Å². The van der Waals surface area contributed by atoms with Crippen molar-refractivity contribution in [3.8, 4) is 0 Å². The molecule has 1 aliphatic heterocycles. The molecule has 0 aliphatic carbocycles. The minimum Gasteiger partial charge on any atom is -0.481 e. The molecule has 0 saturated carbocycles. The van der Waals surface area contributed by atoms with E-state index in [1.807, 2.05) is 24.3 Å². The molecular weight excluding hydrogens is 300 g/mol. The standard InChI is InChI=1S/C16H20N2O5/c1-2-17(8-7-14(19)20)16(23)18-10-12-6-4-3-5-11(12)9-13(18)15(21)22/h3-6,13H,2,7-10H2,1H3,(H,19,20)(H,21,22)/t13-/m0/s1. The highest BCUT2D eigenvalue weighted by Gasteiger charge is 2.36. The molecule has 1 heterocycles. The average Bonchev–Trinajstić information content (AvgIpc) is 2.53. The van der Waals surface area contributed by atoms with E-state index in [-0.39, 0.29) is 25.9 Å². The van der Waals surface area contributed by atoms with Crippen molar-refractivity contribution in [1.82, 2.24) is 9.80 Å². The molecule has 7 nitrogen and oxygen atoms in total. The second-order valence-corrected chi connectivity index (χ2v) is 5.46. The normalized spacial score (nSPS) is 16.6. The van der Waals surface area contributed by atoms with Crippen molar-refractivity contribution in [3.63, 3.8) is 0 Å². The average molecular weight is 320 g/mol. The van der Waals surface area contributed by atoms with Crippen molar-refractivity contribution in [2.45, 2.75) is 32.4 Å². The Morgan fingerprint density at radius 2 is 1.87 bits per heavy atom. The zero-order chi connectivity index (χ0) is 17.0. The Morgan fingerprint density at radius 3 is 2.43 bits per heavy atom. The summed E-state index contributed by atoms with van der Waals surface area (Å²) in [5.41, 5.74) is 1.85. The number of amides is 2. The van der Waals surface area contributed by atoms with Crippen LogP contribution in [-0.4, -0.2) is 57.1 Å². The molecule has 0 unspecified atom stereocenters. The van der Waals surface area contributed by atoms with E-state index in [9.17, 15) is 19.5 Å². The predicted molar refractivity (Wildman–Crippen MR) is 82.0 cm³/mol. The molecule has 1 aromatic rings. The van der Waals surface area contributed by atoms with Crippen molar-refractivity contribution in [2.24, 2.45) is 0 Å². The number of rotatable bonds is 5. The van der Waals surface area contributed by atoms with E-state index >= 15 is 0 Å². The van der Waals surface area contributed by atoms with Crippen LogP contribution in [0.4, 0.5) is 4.79 Å². The number of hydrogen-bond donors (Lipinski definition) is 2. The Kier molecular flexibility index (Phi) is 5.20. The molecule has 2 amide bonds. The van der Waals surface area contributed by atoms with Gasteiger partial charge in [-0.1, -0.05) is 24.3 Å². The Hall–Kier alpha value is -2.57. The molecule has 2 N–H and O–H groups in total. The number of aliphatic carboxylic acids is 2. The zero-order valence-electron chi connectivity index (χ0n) is 12.9. The highest BCUT2D eigenvalue weighted by molar-refractivity contribution is 5.84. The van der Waals surface area contributed by atoms with Crippen molar-refractivity contribution in [1.29, 1.82) is 0 Å². The maximum absolute atomic E-state index is 12.7. The fraction of sp³-hybridized carbons (Fsp3) is 0.438. The lowest BCUT2D eigenvalue weighted by Crippen LogP contribution is -2.53. The first-order valence-electron chi connectivity index (χ1n) is 7.51. The van der Waals surface area contributed by atoms with Crippen molar-refractivity contribution >= 4 is 18.0 Å². The van der Waals surface area contributed by atoms with E-state index in [0.717, 1.165) is 11.1 Å². The van der Waals surface area contributed by atoms with Gasteiger partial charge in [-0.15, -0.1) is 0 Å². The summed E-state index contributed by atoms with van der Waals surface area (Å²) < 4.78 is 0. The lowest BCUT2D eigenvalue weighted by Gasteiger charge is -2.37. The van der Waals surface area contributed by atoms with Crippen LogP contribution in [0.1, 0.15) is 24.5 Å². The fourth-order valence-electron chi connectivity index (χ4n) is 2.75. The molecule has 1 atom stereocenters. The van der Waals surface area contributed by atoms with Crippen LogP contribution in [0.5, 0.6) is 0 Å². The van der Waals surface area contributed by atoms with Crippen LogP contribution in [0.25, 0.3) is 0 Å². The van der Waals surface area contributed by atoms with Crippen molar-refractivity contribution in [3.05, 3.63) is 35.4 Å². The molecule has 1 aromatic carbocycles. The SMILES string of the molecule is CCN(CCC(=O)O)C(=O)N1Cc2ccccc2C[C@H]1C(=O)O. The number of urea groups is 1. The van der Waals surface area contributed by atoms with E-state index in [1.165, 1.54) is 9.80 Å². The summed E-state index contributed by atoms with van der Waals surface area (Å²) in [6.07, 6.45) is 0.0927. The van der Waals surface area contributed by atoms with Gasteiger partial charge in [0.1, 0.15) is 6.04 Å². The van der Waals surface area contributed by atoms with Gasteiger partial charge < -0.3 is 20.0 Å². The minimum atomic E-state index is -1.05. The van der Waals surface area contributed by atoms with Crippen LogP contribution in [0, 0.1) is 0 Å². The Balaban J connectivity index is 2.22. The Bertz CT molecular complexity index is 616. The highest BCUT2D eigenvalue weighted by Crippen LogP contribution is 2.24. The molecule has 1 aliphatic rings. The van der Waals surface area contributed by atoms with E-state index < -0.39 is 24.0 Å². The van der Waals surface area contributed by atoms with Crippen LogP contribution in [-0.2, 0) is 22.6 Å². The third-order valence-corrected chi connectivity index (χ3v) is 4.03. The maximum atomic E-state index is 12.7. The van der Waals surface area contributed by atoms with Crippen LogP contribution < -0.4 is 0 Å². The molecule has 0 saturated heterocycles. The summed E-state index contributed by atoms with van der Waals surface area (Å²) >= 11 is 0. The molecule has 2 rings (SSSR count). The lowest BCUT2D eigenvalue weighted by atomic mass is 9.94. The molecule has 7 heteroatoms. The Morgan fingerprint density at radius 1 is 1.22 bits per heavy atom. The Labute approximate surface area is 134 Å². The molecule has 124 valence electrons. The van der Waals surface area contributed by atoms with Crippen LogP contribution in [0.2, 0.25) is 0 Å². The fourth-order valence-corrected chi connectivity index (χ4v) is 2.75. The number of fused-ring (bicyclic) bond motifs is 1. The maximum Gasteiger partial charge on any atom is 0.326 e. The molecule has 0 spiro atoms. The van der Waals surface area contributed by atoms with Crippen molar-refractivity contribution in [2.75, 3.05) is 13.1 Å². The molecule has 0 aromatic heterocycles. The second-order valence-electron chi connectivity index (χ2n) is 5.46. The number of carboxylic acid groups (broad SMARTS) is 2. The monoisotopic (exact) mass is 320 g/mol. The molecule has 23 heavy (non-hydrogen) atoms. The van der Waals surface area contributed by atoms with Crippen molar-refractivity contribution < 1.29 is 24.6 Å². The van der Waals surface area contributed by atoms with Gasteiger partial charge in [0.05, 0.1) is 6.42 Å². The third-order valence-electron chi connectivity index (χ3n) is 4.03. The van der Waals surface area contributed by atoms with Crippen LogP contribution in [0.15, 0.2) is 24.3 Å². The number of carbonyl (C=O) groups is 3. The van der Waals surface area contributed by atoms with E-state index in [4.69, 9.17) is 5.11 Å². The molecule has 0 bridgehead atoms. The molecule has 0 radical (unpaired) electrons. The summed E-state index contributed by atoms with van der Waals surface area (Å²) in [5, 5.41) is 18.2. The van der Waals surface area contributed by atoms with Crippen LogP contribution in [0.3, 0.4) is 0 Å². The number of nitrogens with zero attached hydrogens (tertiary/aromatic N) is 2. The topological polar surface area (TPSA) is 98.2 Å². The summed E-state index contributed by atoms with van der Waals surface area (Å²) in [6, 6.07) is 6.08. The first kappa shape index (κ1) is 16.8. The predicted octanol–water partition coefficient (Wildman–Crippen LogP) is 1.41. The van der Waals surface area contributed by atoms with Crippen LogP contribution >= 0.6 is 0 Å². The largest absolute Gasteiger partial charge is 0.481 e. The number of hydrogen-bond acceptors (Lipinski definition) is 3. The highest BCUT2D eigenvalue weighted by atomic mass is 16.4. The van der Waals surface area contributed by atoms with E-state index in [0.29, 0.717) is 6.54 Å². The summed E-state index contributed by atoms with van der Waals surface area (Å²) in [5.74, 6) is -2.04. The first-order chi connectivity index (χ1) is 10.9. The smallest absolute Gasteiger partial charge is 0.326 e. The molecular formula is C16H20N2O5. The van der Waals surface area contributed by atoms with Gasteiger partial charge in [-0.3, -0.25) is 4.79 Å². The van der Waals surface area contributed by atoms with Gasteiger partial charge in [0.25, 0.3) is 0 Å². The molecule has 0 fully saturated rings. The number of carbonyl (C=O) groups excluding carboxylic acids is 1. The summed E-state index contributed by atoms with van der Waals surface area (Å²) in [4.78, 5) is 37.6. The van der Waals surface area contributed by atoms with Gasteiger partial charge in [0.15, 0.2) is 0 Å². The first-order valence-corrected chi connectivity index (χ1v) is 7.51. The van der Waals surface area contributed by atoms with Gasteiger partial charge in [0, 0.05) is 26.1 Å². The minimum absolute atomic E-state index is 0.0646. The third kappa shape index (κ3) is 3.80. The van der Waals surface area contributed by atoms with Gasteiger partial charge >= 0.3 is 18.0 Å². The summed E-state index contributed by atoms with van der Waals surface area (Å²) in [6.45, 7) is 2.36. The quantitative estimate of drug-likeness (QED) is 0.855. The van der Waals surface area contributed by atoms with Gasteiger partial charge in [0.2, 0.25) is 0 Å². The second kappa shape index (κ2) is 7.13. The van der Waals surface area contributed by atoms with Gasteiger partial charge in [-0.2, -0.15) is 0 Å². The summed E-state index contributed by atoms with van der Waals surface area (Å²) in [7, 11) is 0. The zero-order valence-corrected chi connectivity index (χ0v) is 12.9. The van der Waals surface area contributed by atoms with Gasteiger partial charge in [-0.25, -0.2) is 9.59 Å². The number of carboxylic acids is 2.